The van der Waals surface area contributed by atoms with E-state index >= 15 is 0 Å². The van der Waals surface area contributed by atoms with Crippen molar-refractivity contribution >= 4 is 24.1 Å². The molecular formula is C24H35N3O7. The maximum Gasteiger partial charge on any atom is 0.410 e. The number of rotatable bonds is 8. The zero-order valence-corrected chi connectivity index (χ0v) is 20.3. The van der Waals surface area contributed by atoms with E-state index in [9.17, 15) is 19.2 Å². The van der Waals surface area contributed by atoms with Crippen LogP contribution in [0.5, 0.6) is 0 Å². The van der Waals surface area contributed by atoms with Crippen molar-refractivity contribution in [3.8, 4) is 0 Å². The average Bonchev–Trinajstić information content (AvgIpc) is 2.80. The van der Waals surface area contributed by atoms with Gasteiger partial charge in [0.1, 0.15) is 12.2 Å². The maximum atomic E-state index is 12.7. The standard InChI is InChI=1S/C24H35N3O7/c1-24(2,3)34-23(31)27-12-10-18(11-13-27)21(29)25-15-19(14-20(28)32-4)26-22(30)33-16-17-8-6-5-7-9-17/h5-9,18-19H,10-16H2,1-4H3,(H,25,29)(H,26,30)/t19-/m1/s1. The van der Waals surface area contributed by atoms with Crippen molar-refractivity contribution in [2.75, 3.05) is 26.7 Å². The minimum absolute atomic E-state index is 0.0423. The number of piperidine rings is 1. The summed E-state index contributed by atoms with van der Waals surface area (Å²) < 4.78 is 15.3. The monoisotopic (exact) mass is 477 g/mol. The van der Waals surface area contributed by atoms with Crippen molar-refractivity contribution < 1.29 is 33.4 Å². The molecular weight excluding hydrogens is 442 g/mol. The van der Waals surface area contributed by atoms with Gasteiger partial charge in [0.05, 0.1) is 19.6 Å². The first kappa shape index (κ1) is 26.9. The Morgan fingerprint density at radius 3 is 2.32 bits per heavy atom. The minimum atomic E-state index is -0.697. The Morgan fingerprint density at radius 1 is 1.09 bits per heavy atom. The highest BCUT2D eigenvalue weighted by Gasteiger charge is 2.30. The number of carbonyl (C=O) groups excluding carboxylic acids is 4. The quantitative estimate of drug-likeness (QED) is 0.436. The van der Waals surface area contributed by atoms with Crippen molar-refractivity contribution in [3.05, 3.63) is 35.9 Å². The van der Waals surface area contributed by atoms with Crippen molar-refractivity contribution in [2.24, 2.45) is 5.92 Å². The number of benzene rings is 1. The molecule has 0 spiro atoms. The van der Waals surface area contributed by atoms with Gasteiger partial charge in [-0.3, -0.25) is 9.59 Å². The van der Waals surface area contributed by atoms with Crippen molar-refractivity contribution in [1.29, 1.82) is 0 Å². The highest BCUT2D eigenvalue weighted by Crippen LogP contribution is 2.20. The first-order valence-electron chi connectivity index (χ1n) is 11.4. The second-order valence-electron chi connectivity index (χ2n) is 9.17. The van der Waals surface area contributed by atoms with Crippen LogP contribution in [0.25, 0.3) is 0 Å². The number of nitrogens with one attached hydrogen (secondary N) is 2. The number of amides is 3. The summed E-state index contributed by atoms with van der Waals surface area (Å²) in [4.78, 5) is 50.4. The van der Waals surface area contributed by atoms with Crippen LogP contribution in [0.2, 0.25) is 0 Å². The van der Waals surface area contributed by atoms with Crippen LogP contribution in [-0.2, 0) is 30.4 Å². The van der Waals surface area contributed by atoms with Crippen LogP contribution in [0.15, 0.2) is 30.3 Å². The molecule has 1 heterocycles. The molecule has 1 aromatic rings. The van der Waals surface area contributed by atoms with Gasteiger partial charge in [0, 0.05) is 25.6 Å². The molecule has 2 N–H and O–H groups in total. The van der Waals surface area contributed by atoms with E-state index in [1.807, 2.05) is 30.3 Å². The van der Waals surface area contributed by atoms with Gasteiger partial charge in [-0.15, -0.1) is 0 Å². The van der Waals surface area contributed by atoms with Crippen molar-refractivity contribution in [2.45, 2.75) is 58.3 Å². The van der Waals surface area contributed by atoms with Gasteiger partial charge in [-0.1, -0.05) is 30.3 Å². The molecule has 34 heavy (non-hydrogen) atoms. The summed E-state index contributed by atoms with van der Waals surface area (Å²) in [6, 6.07) is 8.50. The summed E-state index contributed by atoms with van der Waals surface area (Å²) in [6.45, 7) is 6.39. The van der Waals surface area contributed by atoms with Gasteiger partial charge in [-0.2, -0.15) is 0 Å². The average molecular weight is 478 g/mol. The number of carbonyl (C=O) groups is 4. The molecule has 0 unspecified atom stereocenters. The molecule has 1 aliphatic heterocycles. The van der Waals surface area contributed by atoms with Crippen molar-refractivity contribution in [3.63, 3.8) is 0 Å². The van der Waals surface area contributed by atoms with Gasteiger partial charge >= 0.3 is 18.2 Å². The fraction of sp³-hybridized carbons (Fsp3) is 0.583. The predicted octanol–water partition coefficient (Wildman–Crippen LogP) is 2.61. The molecule has 10 heteroatoms. The van der Waals surface area contributed by atoms with Crippen molar-refractivity contribution in [1.82, 2.24) is 15.5 Å². The zero-order chi connectivity index (χ0) is 25.1. The van der Waals surface area contributed by atoms with E-state index in [-0.39, 0.29) is 37.5 Å². The van der Waals surface area contributed by atoms with Gasteiger partial charge < -0.3 is 29.7 Å². The maximum absolute atomic E-state index is 12.7. The van der Waals surface area contributed by atoms with Crippen LogP contribution in [-0.4, -0.2) is 67.3 Å². The number of hydrogen-bond donors (Lipinski definition) is 2. The molecule has 2 rings (SSSR count). The molecule has 10 nitrogen and oxygen atoms in total. The Balaban J connectivity index is 1.81. The van der Waals surface area contributed by atoms with E-state index in [0.717, 1.165) is 5.56 Å². The zero-order valence-electron chi connectivity index (χ0n) is 20.3. The number of methoxy groups -OCH3 is 1. The van der Waals surface area contributed by atoms with Crippen LogP contribution in [0.3, 0.4) is 0 Å². The molecule has 0 radical (unpaired) electrons. The van der Waals surface area contributed by atoms with Gasteiger partial charge in [0.2, 0.25) is 5.91 Å². The Labute approximate surface area is 200 Å². The molecule has 1 saturated heterocycles. The van der Waals surface area contributed by atoms with E-state index in [1.165, 1.54) is 7.11 Å². The molecule has 1 aliphatic rings. The van der Waals surface area contributed by atoms with E-state index in [0.29, 0.717) is 25.9 Å². The third kappa shape index (κ3) is 9.68. The number of hydrogen-bond acceptors (Lipinski definition) is 7. The summed E-state index contributed by atoms with van der Waals surface area (Å²) in [5.41, 5.74) is 0.253. The summed E-state index contributed by atoms with van der Waals surface area (Å²) in [5, 5.41) is 5.40. The van der Waals surface area contributed by atoms with Crippen LogP contribution in [0.4, 0.5) is 9.59 Å². The van der Waals surface area contributed by atoms with Crippen LogP contribution >= 0.6 is 0 Å². The third-order valence-corrected chi connectivity index (χ3v) is 5.22. The molecule has 0 saturated carbocycles. The van der Waals surface area contributed by atoms with E-state index in [1.54, 1.807) is 25.7 Å². The molecule has 188 valence electrons. The highest BCUT2D eigenvalue weighted by molar-refractivity contribution is 5.79. The summed E-state index contributed by atoms with van der Waals surface area (Å²) >= 11 is 0. The van der Waals surface area contributed by atoms with Gasteiger partial charge in [-0.25, -0.2) is 9.59 Å². The predicted molar refractivity (Wildman–Crippen MR) is 124 cm³/mol. The molecule has 0 aromatic heterocycles. The lowest BCUT2D eigenvalue weighted by molar-refractivity contribution is -0.141. The summed E-state index contributed by atoms with van der Waals surface area (Å²) in [5.74, 6) is -0.992. The molecule has 1 atom stereocenters. The molecule has 0 bridgehead atoms. The Kier molecular flexibility index (Phi) is 10.2. The normalized spacial score (nSPS) is 15.1. The fourth-order valence-electron chi connectivity index (χ4n) is 3.41. The fourth-order valence-corrected chi connectivity index (χ4v) is 3.41. The lowest BCUT2D eigenvalue weighted by atomic mass is 9.96. The number of likely N-dealkylation sites (tertiary alicyclic amines) is 1. The first-order chi connectivity index (χ1) is 16.1. The molecule has 3 amide bonds. The topological polar surface area (TPSA) is 123 Å². The molecule has 1 aromatic carbocycles. The number of ether oxygens (including phenoxy) is 3. The minimum Gasteiger partial charge on any atom is -0.469 e. The number of alkyl carbamates (subject to hydrolysis) is 1. The van der Waals surface area contributed by atoms with Crippen LogP contribution < -0.4 is 10.6 Å². The van der Waals surface area contributed by atoms with Gasteiger partial charge in [0.25, 0.3) is 0 Å². The second-order valence-corrected chi connectivity index (χ2v) is 9.17. The largest absolute Gasteiger partial charge is 0.469 e. The second kappa shape index (κ2) is 12.8. The number of nitrogens with zero attached hydrogens (tertiary/aromatic N) is 1. The molecule has 1 fully saturated rings. The van der Waals surface area contributed by atoms with Crippen LogP contribution in [0.1, 0.15) is 45.6 Å². The van der Waals surface area contributed by atoms with Gasteiger partial charge in [0.15, 0.2) is 0 Å². The van der Waals surface area contributed by atoms with Crippen LogP contribution in [0, 0.1) is 5.92 Å². The SMILES string of the molecule is COC(=O)C[C@H](CNC(=O)C1CCN(C(=O)OC(C)(C)C)CC1)NC(=O)OCc1ccccc1. The van der Waals surface area contributed by atoms with E-state index < -0.39 is 23.7 Å². The Morgan fingerprint density at radius 2 is 1.74 bits per heavy atom. The molecule has 0 aliphatic carbocycles. The summed E-state index contributed by atoms with van der Waals surface area (Å²) in [7, 11) is 1.25. The smallest absolute Gasteiger partial charge is 0.410 e. The number of esters is 1. The summed E-state index contributed by atoms with van der Waals surface area (Å²) in [6.07, 6.45) is -0.201. The highest BCUT2D eigenvalue weighted by atomic mass is 16.6. The van der Waals surface area contributed by atoms with Gasteiger partial charge in [-0.05, 0) is 39.2 Å². The first-order valence-corrected chi connectivity index (χ1v) is 11.4. The Bertz CT molecular complexity index is 831. The van der Waals surface area contributed by atoms with E-state index in [4.69, 9.17) is 14.2 Å². The lowest BCUT2D eigenvalue weighted by Crippen LogP contribution is -2.48. The van der Waals surface area contributed by atoms with E-state index in [2.05, 4.69) is 10.6 Å². The Hall–Kier alpha value is -3.30. The third-order valence-electron chi connectivity index (χ3n) is 5.22. The lowest BCUT2D eigenvalue weighted by Gasteiger charge is -2.33.